The van der Waals surface area contributed by atoms with Gasteiger partial charge in [0.1, 0.15) is 9.88 Å². The molecule has 0 unspecified atom stereocenters. The maximum atomic E-state index is 12.8. The summed E-state index contributed by atoms with van der Waals surface area (Å²) in [6, 6.07) is 2.76. The Bertz CT molecular complexity index is 775. The molecule has 25 heavy (non-hydrogen) atoms. The van der Waals surface area contributed by atoms with Crippen LogP contribution in [0.2, 0.25) is 5.02 Å². The van der Waals surface area contributed by atoms with Crippen molar-refractivity contribution in [3.05, 3.63) is 44.4 Å². The fraction of sp³-hybridized carbons (Fsp3) is 0.375. The summed E-state index contributed by atoms with van der Waals surface area (Å²) in [7, 11) is 0. The third kappa shape index (κ3) is 5.17. The van der Waals surface area contributed by atoms with Crippen molar-refractivity contribution in [1.82, 2.24) is 4.98 Å². The van der Waals surface area contributed by atoms with Crippen molar-refractivity contribution < 1.29 is 22.7 Å². The lowest BCUT2D eigenvalue weighted by Gasteiger charge is -2.11. The molecule has 4 nitrogen and oxygen atoms in total. The van der Waals surface area contributed by atoms with E-state index in [1.165, 1.54) is 0 Å². The molecule has 1 aromatic carbocycles. The molecule has 0 saturated heterocycles. The van der Waals surface area contributed by atoms with E-state index in [2.05, 4.69) is 10.3 Å². The molecule has 0 bridgehead atoms. The molecule has 0 aliphatic heterocycles. The second-order valence-electron chi connectivity index (χ2n) is 5.53. The molecule has 136 valence electrons. The Morgan fingerprint density at radius 3 is 2.68 bits per heavy atom. The van der Waals surface area contributed by atoms with Crippen molar-refractivity contribution in [3.63, 3.8) is 0 Å². The summed E-state index contributed by atoms with van der Waals surface area (Å²) in [5.41, 5.74) is -0.513. The highest BCUT2D eigenvalue weighted by atomic mass is 35.5. The number of amides is 1. The number of aromatic nitrogens is 1. The SMILES string of the molecule is Cc1nc(COC(C)C)sc1C(=O)Nc1cc(C(F)(F)F)ccc1Cl. The van der Waals surface area contributed by atoms with Gasteiger partial charge < -0.3 is 10.1 Å². The Hall–Kier alpha value is -1.64. The monoisotopic (exact) mass is 392 g/mol. The number of hydrogen-bond donors (Lipinski definition) is 1. The number of carbonyl (C=O) groups excluding carboxylic acids is 1. The van der Waals surface area contributed by atoms with Crippen LogP contribution in [0.25, 0.3) is 0 Å². The highest BCUT2D eigenvalue weighted by Gasteiger charge is 2.31. The number of hydrogen-bond acceptors (Lipinski definition) is 4. The van der Waals surface area contributed by atoms with Gasteiger partial charge in [0.15, 0.2) is 0 Å². The summed E-state index contributed by atoms with van der Waals surface area (Å²) in [4.78, 5) is 16.9. The zero-order valence-corrected chi connectivity index (χ0v) is 15.3. The van der Waals surface area contributed by atoms with Crippen LogP contribution in [0.5, 0.6) is 0 Å². The molecule has 0 saturated carbocycles. The molecule has 1 heterocycles. The topological polar surface area (TPSA) is 51.2 Å². The highest BCUT2D eigenvalue weighted by molar-refractivity contribution is 7.13. The number of ether oxygens (including phenoxy) is 1. The quantitative estimate of drug-likeness (QED) is 0.751. The maximum absolute atomic E-state index is 12.8. The van der Waals surface area contributed by atoms with E-state index in [4.69, 9.17) is 16.3 Å². The van der Waals surface area contributed by atoms with E-state index in [0.717, 1.165) is 29.5 Å². The smallest absolute Gasteiger partial charge is 0.372 e. The van der Waals surface area contributed by atoms with Crippen molar-refractivity contribution in [2.24, 2.45) is 0 Å². The first-order valence-electron chi connectivity index (χ1n) is 7.34. The average Bonchev–Trinajstić information content (AvgIpc) is 2.87. The molecule has 1 aromatic heterocycles. The van der Waals surface area contributed by atoms with E-state index in [1.807, 2.05) is 13.8 Å². The van der Waals surface area contributed by atoms with Crippen molar-refractivity contribution in [2.75, 3.05) is 5.32 Å². The number of rotatable bonds is 5. The van der Waals surface area contributed by atoms with Crippen LogP contribution in [-0.2, 0) is 17.5 Å². The Morgan fingerprint density at radius 1 is 1.40 bits per heavy atom. The molecule has 1 amide bonds. The largest absolute Gasteiger partial charge is 0.416 e. The molecule has 0 atom stereocenters. The lowest BCUT2D eigenvalue weighted by molar-refractivity contribution is -0.137. The van der Waals surface area contributed by atoms with Crippen LogP contribution in [0.1, 0.15) is 39.8 Å². The zero-order valence-electron chi connectivity index (χ0n) is 13.7. The van der Waals surface area contributed by atoms with Gasteiger partial charge in [-0.15, -0.1) is 11.3 Å². The van der Waals surface area contributed by atoms with Gasteiger partial charge in [-0.2, -0.15) is 13.2 Å². The van der Waals surface area contributed by atoms with Crippen LogP contribution in [0, 0.1) is 6.92 Å². The van der Waals surface area contributed by atoms with Crippen molar-refractivity contribution in [1.29, 1.82) is 0 Å². The maximum Gasteiger partial charge on any atom is 0.416 e. The van der Waals surface area contributed by atoms with Gasteiger partial charge in [-0.25, -0.2) is 4.98 Å². The molecule has 0 aliphatic rings. The first-order chi connectivity index (χ1) is 11.6. The van der Waals surface area contributed by atoms with Gasteiger partial charge in [0, 0.05) is 0 Å². The summed E-state index contributed by atoms with van der Waals surface area (Å²) in [6.45, 7) is 5.67. The minimum atomic E-state index is -4.52. The van der Waals surface area contributed by atoms with Crippen LogP contribution in [0.4, 0.5) is 18.9 Å². The molecule has 2 aromatic rings. The highest BCUT2D eigenvalue weighted by Crippen LogP contribution is 2.34. The molecular weight excluding hydrogens is 377 g/mol. The van der Waals surface area contributed by atoms with E-state index in [1.54, 1.807) is 6.92 Å². The Balaban J connectivity index is 2.20. The number of nitrogens with zero attached hydrogens (tertiary/aromatic N) is 1. The molecule has 0 spiro atoms. The van der Waals surface area contributed by atoms with Gasteiger partial charge in [0.05, 0.1) is 34.7 Å². The number of carbonyl (C=O) groups is 1. The summed E-state index contributed by atoms with van der Waals surface area (Å²) < 4.78 is 43.8. The summed E-state index contributed by atoms with van der Waals surface area (Å²) in [5, 5.41) is 3.05. The van der Waals surface area contributed by atoms with Gasteiger partial charge >= 0.3 is 6.18 Å². The third-order valence-corrected chi connectivity index (χ3v) is 4.59. The van der Waals surface area contributed by atoms with Gasteiger partial charge in [-0.3, -0.25) is 4.79 Å². The van der Waals surface area contributed by atoms with Crippen LogP contribution >= 0.6 is 22.9 Å². The zero-order chi connectivity index (χ0) is 18.8. The van der Waals surface area contributed by atoms with Gasteiger partial charge in [-0.05, 0) is 39.0 Å². The third-order valence-electron chi connectivity index (χ3n) is 3.13. The van der Waals surface area contributed by atoms with E-state index >= 15 is 0 Å². The van der Waals surface area contributed by atoms with Crippen molar-refractivity contribution in [2.45, 2.75) is 39.7 Å². The number of alkyl halides is 3. The average molecular weight is 393 g/mol. The predicted molar refractivity (Wildman–Crippen MR) is 91.2 cm³/mol. The van der Waals surface area contributed by atoms with Crippen LogP contribution in [0.3, 0.4) is 0 Å². The second-order valence-corrected chi connectivity index (χ2v) is 7.02. The minimum absolute atomic E-state index is 0.0189. The van der Waals surface area contributed by atoms with E-state index in [9.17, 15) is 18.0 Å². The number of halogens is 4. The van der Waals surface area contributed by atoms with Gasteiger partial charge in [-0.1, -0.05) is 11.6 Å². The Morgan fingerprint density at radius 2 is 2.08 bits per heavy atom. The fourth-order valence-electron chi connectivity index (χ4n) is 1.94. The van der Waals surface area contributed by atoms with E-state index in [-0.39, 0.29) is 23.4 Å². The molecular formula is C16H16ClF3N2O2S. The van der Waals surface area contributed by atoms with E-state index in [0.29, 0.717) is 15.6 Å². The second kappa shape index (κ2) is 7.72. The fourth-order valence-corrected chi connectivity index (χ4v) is 2.99. The van der Waals surface area contributed by atoms with Gasteiger partial charge in [0.2, 0.25) is 0 Å². The number of aryl methyl sites for hydroxylation is 1. The van der Waals surface area contributed by atoms with Crippen LogP contribution in [0.15, 0.2) is 18.2 Å². The predicted octanol–water partition coefficient (Wildman–Crippen LogP) is 5.30. The van der Waals surface area contributed by atoms with Gasteiger partial charge in [0.25, 0.3) is 5.91 Å². The summed E-state index contributed by atoms with van der Waals surface area (Å²) in [5.74, 6) is -0.563. The summed E-state index contributed by atoms with van der Waals surface area (Å²) >= 11 is 7.02. The lowest BCUT2D eigenvalue weighted by Crippen LogP contribution is -2.13. The van der Waals surface area contributed by atoms with Crippen LogP contribution in [-0.4, -0.2) is 17.0 Å². The molecule has 0 radical (unpaired) electrons. The minimum Gasteiger partial charge on any atom is -0.372 e. The number of anilines is 1. The van der Waals surface area contributed by atoms with E-state index < -0.39 is 17.6 Å². The Labute approximate surface area is 152 Å². The number of benzene rings is 1. The molecule has 0 aliphatic carbocycles. The standard InChI is InChI=1S/C16H16ClF3N2O2S/c1-8(2)24-7-13-21-9(3)14(25-13)15(23)22-12-6-10(16(18,19)20)4-5-11(12)17/h4-6,8H,7H2,1-3H3,(H,22,23). The van der Waals surface area contributed by atoms with Crippen molar-refractivity contribution in [3.8, 4) is 0 Å². The lowest BCUT2D eigenvalue weighted by atomic mass is 10.2. The molecule has 2 rings (SSSR count). The molecule has 1 N–H and O–H groups in total. The molecule has 0 fully saturated rings. The van der Waals surface area contributed by atoms with Crippen LogP contribution < -0.4 is 5.32 Å². The number of nitrogens with one attached hydrogen (secondary N) is 1. The summed E-state index contributed by atoms with van der Waals surface area (Å²) in [6.07, 6.45) is -4.50. The first kappa shape index (κ1) is 19.7. The number of thiazole rings is 1. The molecule has 9 heteroatoms. The van der Waals surface area contributed by atoms with Crippen molar-refractivity contribution >= 4 is 34.5 Å². The first-order valence-corrected chi connectivity index (χ1v) is 8.53. The normalized spacial score (nSPS) is 11.8. The Kier molecular flexibility index (Phi) is 6.08.